The molecule has 2 atom stereocenters. The van der Waals surface area contributed by atoms with Gasteiger partial charge in [-0.1, -0.05) is 41.9 Å². The Hall–Kier alpha value is -1.92. The molecule has 4 rings (SSSR count). The van der Waals surface area contributed by atoms with Gasteiger partial charge in [-0.3, -0.25) is 4.79 Å². The number of aryl methyl sites for hydroxylation is 1. The van der Waals surface area contributed by atoms with Crippen LogP contribution in [0.4, 0.5) is 0 Å². The van der Waals surface area contributed by atoms with E-state index in [2.05, 4.69) is 15.0 Å². The molecule has 1 aliphatic heterocycles. The predicted molar refractivity (Wildman–Crippen MR) is 99.2 cm³/mol. The van der Waals surface area contributed by atoms with Gasteiger partial charge < -0.3 is 14.5 Å². The number of aromatic nitrogens is 2. The number of benzene rings is 1. The molecule has 0 spiro atoms. The smallest absolute Gasteiger partial charge is 0.311 e. The van der Waals surface area contributed by atoms with Gasteiger partial charge in [-0.25, -0.2) is 0 Å². The van der Waals surface area contributed by atoms with E-state index in [1.807, 2.05) is 30.3 Å². The third kappa shape index (κ3) is 3.48. The van der Waals surface area contributed by atoms with E-state index in [9.17, 15) is 9.90 Å². The third-order valence-corrected chi connectivity index (χ3v) is 5.73. The molecule has 6 nitrogen and oxygen atoms in total. The highest BCUT2D eigenvalue weighted by atomic mass is 35.5. The summed E-state index contributed by atoms with van der Waals surface area (Å²) in [5.74, 6) is 0.974. The standard InChI is InChI=1S/C19H23N3O3.ClH/c23-18(24)19-10-4-8-15(19)12-22(13-19)11-5-9-16-20-17(21-25-16)14-6-2-1-3-7-14;/h1-3,6-7,15H,4-5,8-13H2,(H,23,24);1H/t15-,19+;/m0./s1. The zero-order valence-corrected chi connectivity index (χ0v) is 15.5. The van der Waals surface area contributed by atoms with Crippen molar-refractivity contribution in [2.45, 2.75) is 32.1 Å². The minimum Gasteiger partial charge on any atom is -0.481 e. The fourth-order valence-electron chi connectivity index (χ4n) is 4.43. The summed E-state index contributed by atoms with van der Waals surface area (Å²) in [6, 6.07) is 9.79. The molecule has 1 saturated carbocycles. The van der Waals surface area contributed by atoms with Crippen molar-refractivity contribution in [3.63, 3.8) is 0 Å². The van der Waals surface area contributed by atoms with Gasteiger partial charge in [-0.05, 0) is 31.7 Å². The van der Waals surface area contributed by atoms with Crippen LogP contribution in [0.15, 0.2) is 34.9 Å². The summed E-state index contributed by atoms with van der Waals surface area (Å²) in [6.07, 6.45) is 4.55. The van der Waals surface area contributed by atoms with E-state index < -0.39 is 11.4 Å². The molecule has 2 aliphatic rings. The molecular formula is C19H24ClN3O3. The summed E-state index contributed by atoms with van der Waals surface area (Å²) in [4.78, 5) is 18.5. The summed E-state index contributed by atoms with van der Waals surface area (Å²) in [6.45, 7) is 2.48. The van der Waals surface area contributed by atoms with Crippen LogP contribution < -0.4 is 0 Å². The van der Waals surface area contributed by atoms with Gasteiger partial charge in [0.1, 0.15) is 0 Å². The van der Waals surface area contributed by atoms with Gasteiger partial charge in [-0.2, -0.15) is 4.98 Å². The molecule has 140 valence electrons. The van der Waals surface area contributed by atoms with Gasteiger partial charge >= 0.3 is 5.97 Å². The minimum atomic E-state index is -0.609. The van der Waals surface area contributed by atoms with Crippen LogP contribution >= 0.6 is 12.4 Å². The Morgan fingerprint density at radius 1 is 1.35 bits per heavy atom. The number of hydrogen-bond acceptors (Lipinski definition) is 5. The first-order valence-corrected chi connectivity index (χ1v) is 9.01. The maximum absolute atomic E-state index is 11.7. The highest BCUT2D eigenvalue weighted by Gasteiger charge is 2.54. The number of carbonyl (C=O) groups is 1. The van der Waals surface area contributed by atoms with Crippen molar-refractivity contribution in [3.8, 4) is 11.4 Å². The van der Waals surface area contributed by atoms with E-state index in [1.54, 1.807) is 0 Å². The molecule has 0 bridgehead atoms. The molecule has 7 heteroatoms. The molecule has 0 amide bonds. The Morgan fingerprint density at radius 2 is 2.15 bits per heavy atom. The molecular weight excluding hydrogens is 354 g/mol. The number of hydrogen-bond donors (Lipinski definition) is 1. The summed E-state index contributed by atoms with van der Waals surface area (Å²) >= 11 is 0. The number of rotatable bonds is 6. The lowest BCUT2D eigenvalue weighted by atomic mass is 9.81. The van der Waals surface area contributed by atoms with Crippen LogP contribution in [-0.2, 0) is 11.2 Å². The monoisotopic (exact) mass is 377 g/mol. The number of carboxylic acids is 1. The second-order valence-electron chi connectivity index (χ2n) is 7.27. The number of halogens is 1. The topological polar surface area (TPSA) is 79.5 Å². The highest BCUT2D eigenvalue weighted by molar-refractivity contribution is 5.85. The van der Waals surface area contributed by atoms with Crippen molar-refractivity contribution in [2.24, 2.45) is 11.3 Å². The Labute approximate surface area is 159 Å². The molecule has 2 heterocycles. The summed E-state index contributed by atoms with van der Waals surface area (Å²) in [7, 11) is 0. The molecule has 2 aromatic rings. The van der Waals surface area contributed by atoms with Crippen LogP contribution in [0.1, 0.15) is 31.6 Å². The molecule has 0 radical (unpaired) electrons. The van der Waals surface area contributed by atoms with E-state index in [-0.39, 0.29) is 12.4 Å². The first kappa shape index (κ1) is 18.9. The van der Waals surface area contributed by atoms with Crippen molar-refractivity contribution in [3.05, 3.63) is 36.2 Å². The number of nitrogens with zero attached hydrogens (tertiary/aromatic N) is 3. The van der Waals surface area contributed by atoms with Gasteiger partial charge in [0.2, 0.25) is 11.7 Å². The quantitative estimate of drug-likeness (QED) is 0.832. The largest absolute Gasteiger partial charge is 0.481 e. The number of fused-ring (bicyclic) bond motifs is 1. The second-order valence-corrected chi connectivity index (χ2v) is 7.27. The Morgan fingerprint density at radius 3 is 2.88 bits per heavy atom. The van der Waals surface area contributed by atoms with Gasteiger partial charge in [0.25, 0.3) is 0 Å². The second kappa shape index (κ2) is 7.76. The van der Waals surface area contributed by atoms with E-state index in [4.69, 9.17) is 4.52 Å². The zero-order chi connectivity index (χ0) is 17.3. The fraction of sp³-hybridized carbons (Fsp3) is 0.526. The first-order valence-electron chi connectivity index (χ1n) is 9.01. The zero-order valence-electron chi connectivity index (χ0n) is 14.6. The van der Waals surface area contributed by atoms with E-state index in [1.165, 1.54) is 0 Å². The SMILES string of the molecule is Cl.O=C(O)[C@@]12CCC[C@H]1CN(CCCc1nc(-c3ccccc3)no1)C2. The molecule has 1 aromatic carbocycles. The molecule has 0 unspecified atom stereocenters. The van der Waals surface area contributed by atoms with Crippen LogP contribution in [0, 0.1) is 11.3 Å². The number of aliphatic carboxylic acids is 1. The van der Waals surface area contributed by atoms with Crippen molar-refractivity contribution < 1.29 is 14.4 Å². The van der Waals surface area contributed by atoms with Crippen LogP contribution in [0.2, 0.25) is 0 Å². The van der Waals surface area contributed by atoms with Crippen LogP contribution in [0.3, 0.4) is 0 Å². The summed E-state index contributed by atoms with van der Waals surface area (Å²) in [5, 5.41) is 13.7. The normalized spacial score (nSPS) is 25.0. The molecule has 1 saturated heterocycles. The van der Waals surface area contributed by atoms with E-state index in [0.717, 1.165) is 50.8 Å². The van der Waals surface area contributed by atoms with Gasteiger partial charge in [0.15, 0.2) is 0 Å². The average molecular weight is 378 g/mol. The summed E-state index contributed by atoms with van der Waals surface area (Å²) < 4.78 is 5.34. The lowest BCUT2D eigenvalue weighted by molar-refractivity contribution is -0.149. The Balaban J connectivity index is 0.00000196. The van der Waals surface area contributed by atoms with Crippen LogP contribution in [0.5, 0.6) is 0 Å². The van der Waals surface area contributed by atoms with Crippen molar-refractivity contribution in [1.82, 2.24) is 15.0 Å². The molecule has 1 aromatic heterocycles. The first-order chi connectivity index (χ1) is 12.2. The fourth-order valence-corrected chi connectivity index (χ4v) is 4.43. The summed E-state index contributed by atoms with van der Waals surface area (Å²) in [5.41, 5.74) is 0.457. The average Bonchev–Trinajstić information content (AvgIpc) is 3.30. The Kier molecular flexibility index (Phi) is 5.63. The maximum atomic E-state index is 11.7. The van der Waals surface area contributed by atoms with E-state index >= 15 is 0 Å². The van der Waals surface area contributed by atoms with Gasteiger partial charge in [-0.15, -0.1) is 12.4 Å². The lowest BCUT2D eigenvalue weighted by Gasteiger charge is -2.23. The Bertz CT molecular complexity index is 751. The van der Waals surface area contributed by atoms with E-state index in [0.29, 0.717) is 24.2 Å². The highest BCUT2D eigenvalue weighted by Crippen LogP contribution is 2.48. The maximum Gasteiger partial charge on any atom is 0.311 e. The number of carboxylic acid groups (broad SMARTS) is 1. The number of likely N-dealkylation sites (tertiary alicyclic amines) is 1. The van der Waals surface area contributed by atoms with Gasteiger partial charge in [0, 0.05) is 25.1 Å². The van der Waals surface area contributed by atoms with Crippen LogP contribution in [0.25, 0.3) is 11.4 Å². The lowest BCUT2D eigenvalue weighted by Crippen LogP contribution is -2.35. The van der Waals surface area contributed by atoms with Crippen molar-refractivity contribution >= 4 is 18.4 Å². The van der Waals surface area contributed by atoms with Crippen molar-refractivity contribution in [1.29, 1.82) is 0 Å². The molecule has 1 aliphatic carbocycles. The molecule has 2 fully saturated rings. The van der Waals surface area contributed by atoms with Gasteiger partial charge in [0.05, 0.1) is 5.41 Å². The van der Waals surface area contributed by atoms with Crippen molar-refractivity contribution in [2.75, 3.05) is 19.6 Å². The molecule has 1 N–H and O–H groups in total. The predicted octanol–water partition coefficient (Wildman–Crippen LogP) is 3.28. The molecule has 26 heavy (non-hydrogen) atoms. The minimum absolute atomic E-state index is 0. The third-order valence-electron chi connectivity index (χ3n) is 5.73. The van der Waals surface area contributed by atoms with Crippen LogP contribution in [-0.4, -0.2) is 45.8 Å².